The summed E-state index contributed by atoms with van der Waals surface area (Å²) in [7, 11) is 0. The highest BCUT2D eigenvalue weighted by atomic mass is 15.3. The van der Waals surface area contributed by atoms with E-state index in [0.29, 0.717) is 0 Å². The third kappa shape index (κ3) is 3.00. The molecule has 1 saturated heterocycles. The fraction of sp³-hybridized carbons (Fsp3) is 0.286. The van der Waals surface area contributed by atoms with Gasteiger partial charge in [-0.25, -0.2) is 0 Å². The molecule has 122 valence electrons. The van der Waals surface area contributed by atoms with E-state index in [4.69, 9.17) is 0 Å². The first-order valence-corrected chi connectivity index (χ1v) is 8.67. The Morgan fingerprint density at radius 3 is 2.50 bits per heavy atom. The van der Waals surface area contributed by atoms with Crippen LogP contribution in [0.3, 0.4) is 0 Å². The molecule has 3 aromatic rings. The lowest BCUT2D eigenvalue weighted by molar-refractivity contribution is 0.250. The molecule has 3 heteroatoms. The number of piperazine rings is 1. The first-order chi connectivity index (χ1) is 11.8. The van der Waals surface area contributed by atoms with Crippen LogP contribution in [0.2, 0.25) is 0 Å². The zero-order chi connectivity index (χ0) is 16.4. The van der Waals surface area contributed by atoms with Crippen molar-refractivity contribution in [3.63, 3.8) is 0 Å². The van der Waals surface area contributed by atoms with E-state index in [1.165, 1.54) is 22.2 Å². The number of fused-ring (bicyclic) bond motifs is 1. The zero-order valence-corrected chi connectivity index (χ0v) is 14.2. The molecule has 0 atom stereocenters. The summed E-state index contributed by atoms with van der Waals surface area (Å²) in [5.74, 6) is 0. The third-order valence-corrected chi connectivity index (χ3v) is 4.94. The van der Waals surface area contributed by atoms with Gasteiger partial charge in [-0.15, -0.1) is 0 Å². The van der Waals surface area contributed by atoms with Crippen molar-refractivity contribution in [2.24, 2.45) is 0 Å². The maximum atomic E-state index is 4.58. The molecule has 0 N–H and O–H groups in total. The van der Waals surface area contributed by atoms with Crippen molar-refractivity contribution >= 4 is 16.6 Å². The van der Waals surface area contributed by atoms with Gasteiger partial charge in [-0.3, -0.25) is 9.88 Å². The van der Waals surface area contributed by atoms with Crippen molar-refractivity contribution in [1.29, 1.82) is 0 Å². The molecule has 1 fully saturated rings. The molecule has 0 amide bonds. The number of aryl methyl sites for hydroxylation is 1. The molecule has 3 nitrogen and oxygen atoms in total. The highest BCUT2D eigenvalue weighted by molar-refractivity contribution is 5.81. The van der Waals surface area contributed by atoms with E-state index in [9.17, 15) is 0 Å². The molecule has 0 spiro atoms. The Kier molecular flexibility index (Phi) is 4.18. The fourth-order valence-corrected chi connectivity index (χ4v) is 3.60. The summed E-state index contributed by atoms with van der Waals surface area (Å²) >= 11 is 0. The van der Waals surface area contributed by atoms with Crippen molar-refractivity contribution in [3.8, 4) is 0 Å². The SMILES string of the molecule is Cc1ccccc1N1CCN(Cc2cccc3cccnc23)CC1. The first-order valence-electron chi connectivity index (χ1n) is 8.67. The molecule has 0 saturated carbocycles. The van der Waals surface area contributed by atoms with Crippen LogP contribution in [0.15, 0.2) is 60.8 Å². The maximum Gasteiger partial charge on any atom is 0.0746 e. The maximum absolute atomic E-state index is 4.58. The number of pyridine rings is 1. The predicted octanol–water partition coefficient (Wildman–Crippen LogP) is 3.87. The quantitative estimate of drug-likeness (QED) is 0.731. The second kappa shape index (κ2) is 6.62. The monoisotopic (exact) mass is 317 g/mol. The first kappa shape index (κ1) is 15.2. The average Bonchev–Trinajstić information content (AvgIpc) is 2.63. The summed E-state index contributed by atoms with van der Waals surface area (Å²) < 4.78 is 0. The molecule has 2 aromatic carbocycles. The molecular formula is C21H23N3. The van der Waals surface area contributed by atoms with Crippen molar-refractivity contribution in [3.05, 3.63) is 71.9 Å². The van der Waals surface area contributed by atoms with Crippen molar-refractivity contribution in [1.82, 2.24) is 9.88 Å². The highest BCUT2D eigenvalue weighted by Crippen LogP contribution is 2.22. The lowest BCUT2D eigenvalue weighted by Gasteiger charge is -2.36. The van der Waals surface area contributed by atoms with Gasteiger partial charge in [-0.05, 0) is 30.2 Å². The Morgan fingerprint density at radius 1 is 0.875 bits per heavy atom. The van der Waals surface area contributed by atoms with Gasteiger partial charge in [0.2, 0.25) is 0 Å². The predicted molar refractivity (Wildman–Crippen MR) is 100 cm³/mol. The molecule has 0 bridgehead atoms. The number of benzene rings is 2. The van der Waals surface area contributed by atoms with E-state index >= 15 is 0 Å². The number of anilines is 1. The Labute approximate surface area is 143 Å². The number of nitrogens with zero attached hydrogens (tertiary/aromatic N) is 3. The molecule has 0 radical (unpaired) electrons. The third-order valence-electron chi connectivity index (χ3n) is 4.94. The number of rotatable bonds is 3. The minimum atomic E-state index is 0.982. The Balaban J connectivity index is 1.46. The molecular weight excluding hydrogens is 294 g/mol. The lowest BCUT2D eigenvalue weighted by atomic mass is 10.1. The summed E-state index contributed by atoms with van der Waals surface area (Å²) in [6, 6.07) is 19.3. The minimum Gasteiger partial charge on any atom is -0.369 e. The number of para-hydroxylation sites is 2. The van der Waals surface area contributed by atoms with Crippen molar-refractivity contribution < 1.29 is 0 Å². The molecule has 1 aliphatic rings. The van der Waals surface area contributed by atoms with E-state index in [2.05, 4.69) is 70.2 Å². The Hall–Kier alpha value is -2.39. The van der Waals surface area contributed by atoms with Gasteiger partial charge in [-0.2, -0.15) is 0 Å². The van der Waals surface area contributed by atoms with Crippen molar-refractivity contribution in [2.45, 2.75) is 13.5 Å². The lowest BCUT2D eigenvalue weighted by Crippen LogP contribution is -2.46. The smallest absolute Gasteiger partial charge is 0.0746 e. The standard InChI is InChI=1S/C21H23N3/c1-17-6-2-3-10-20(17)24-14-12-23(13-15-24)16-19-8-4-7-18-9-5-11-22-21(18)19/h2-11H,12-16H2,1H3. The van der Waals surface area contributed by atoms with E-state index in [0.717, 1.165) is 38.2 Å². The highest BCUT2D eigenvalue weighted by Gasteiger charge is 2.19. The van der Waals surface area contributed by atoms with E-state index in [1.807, 2.05) is 12.3 Å². The molecule has 4 rings (SSSR count). The summed E-state index contributed by atoms with van der Waals surface area (Å²) in [5, 5.41) is 1.23. The van der Waals surface area contributed by atoms with E-state index in [1.54, 1.807) is 0 Å². The van der Waals surface area contributed by atoms with Gasteiger partial charge >= 0.3 is 0 Å². The summed E-state index contributed by atoms with van der Waals surface area (Å²) in [6.07, 6.45) is 1.89. The normalized spacial score (nSPS) is 15.8. The van der Waals surface area contributed by atoms with Crippen LogP contribution in [0.1, 0.15) is 11.1 Å². The van der Waals surface area contributed by atoms with Crippen LogP contribution in [0.25, 0.3) is 10.9 Å². The van der Waals surface area contributed by atoms with Crippen LogP contribution >= 0.6 is 0 Å². The molecule has 24 heavy (non-hydrogen) atoms. The van der Waals surface area contributed by atoms with Crippen LogP contribution in [0, 0.1) is 6.92 Å². The topological polar surface area (TPSA) is 19.4 Å². The molecule has 0 aliphatic carbocycles. The summed E-state index contributed by atoms with van der Waals surface area (Å²) in [5.41, 5.74) is 5.21. The molecule has 2 heterocycles. The van der Waals surface area contributed by atoms with Gasteiger partial charge in [0, 0.05) is 50.0 Å². The van der Waals surface area contributed by atoms with Gasteiger partial charge in [0.1, 0.15) is 0 Å². The molecule has 0 unspecified atom stereocenters. The van der Waals surface area contributed by atoms with Crippen LogP contribution in [-0.2, 0) is 6.54 Å². The molecule has 1 aliphatic heterocycles. The zero-order valence-electron chi connectivity index (χ0n) is 14.2. The number of hydrogen-bond donors (Lipinski definition) is 0. The summed E-state index contributed by atoms with van der Waals surface area (Å²) in [6.45, 7) is 7.54. The van der Waals surface area contributed by atoms with Crippen LogP contribution in [0.5, 0.6) is 0 Å². The summed E-state index contributed by atoms with van der Waals surface area (Å²) in [4.78, 5) is 9.63. The van der Waals surface area contributed by atoms with Crippen LogP contribution in [-0.4, -0.2) is 36.1 Å². The average molecular weight is 317 g/mol. The van der Waals surface area contributed by atoms with Gasteiger partial charge in [0.25, 0.3) is 0 Å². The number of aromatic nitrogens is 1. The fourth-order valence-electron chi connectivity index (χ4n) is 3.60. The van der Waals surface area contributed by atoms with Gasteiger partial charge in [0.05, 0.1) is 5.52 Å². The van der Waals surface area contributed by atoms with Gasteiger partial charge < -0.3 is 4.90 Å². The van der Waals surface area contributed by atoms with Gasteiger partial charge in [0.15, 0.2) is 0 Å². The minimum absolute atomic E-state index is 0.982. The molecule has 1 aromatic heterocycles. The second-order valence-corrected chi connectivity index (χ2v) is 6.54. The Bertz CT molecular complexity index is 830. The van der Waals surface area contributed by atoms with Crippen molar-refractivity contribution in [2.75, 3.05) is 31.1 Å². The Morgan fingerprint density at radius 2 is 1.67 bits per heavy atom. The second-order valence-electron chi connectivity index (χ2n) is 6.54. The number of hydrogen-bond acceptors (Lipinski definition) is 3. The largest absolute Gasteiger partial charge is 0.369 e. The van der Waals surface area contributed by atoms with E-state index < -0.39 is 0 Å². The van der Waals surface area contributed by atoms with Crippen LogP contribution in [0.4, 0.5) is 5.69 Å². The van der Waals surface area contributed by atoms with Gasteiger partial charge in [-0.1, -0.05) is 42.5 Å². The van der Waals surface area contributed by atoms with E-state index in [-0.39, 0.29) is 0 Å². The van der Waals surface area contributed by atoms with Crippen LogP contribution < -0.4 is 4.90 Å².